The SMILES string of the molecule is CC(C)CS(=O)(=O)CCC(=O)OC1CCCCC1. The molecule has 0 atom stereocenters. The second-order valence-corrected chi connectivity index (χ2v) is 7.74. The summed E-state index contributed by atoms with van der Waals surface area (Å²) in [5.74, 6) is -0.209. The summed E-state index contributed by atoms with van der Waals surface area (Å²) in [6.07, 6.45) is 5.25. The van der Waals surface area contributed by atoms with Crippen LogP contribution in [0, 0.1) is 5.92 Å². The Hall–Kier alpha value is -0.580. The van der Waals surface area contributed by atoms with E-state index in [1.807, 2.05) is 13.8 Å². The van der Waals surface area contributed by atoms with Crippen molar-refractivity contribution in [3.63, 3.8) is 0 Å². The van der Waals surface area contributed by atoms with Crippen LogP contribution in [-0.2, 0) is 19.4 Å². The first kappa shape index (κ1) is 15.5. The molecular weight excluding hydrogens is 252 g/mol. The summed E-state index contributed by atoms with van der Waals surface area (Å²) in [5, 5.41) is 0. The summed E-state index contributed by atoms with van der Waals surface area (Å²) in [5.41, 5.74) is 0. The van der Waals surface area contributed by atoms with Crippen LogP contribution in [0.4, 0.5) is 0 Å². The van der Waals surface area contributed by atoms with Crippen molar-refractivity contribution in [3.05, 3.63) is 0 Å². The van der Waals surface area contributed by atoms with Crippen molar-refractivity contribution >= 4 is 15.8 Å². The predicted molar refractivity (Wildman–Crippen MR) is 71.1 cm³/mol. The van der Waals surface area contributed by atoms with E-state index < -0.39 is 9.84 Å². The zero-order chi connectivity index (χ0) is 13.6. The molecule has 4 nitrogen and oxygen atoms in total. The smallest absolute Gasteiger partial charge is 0.307 e. The molecule has 1 saturated carbocycles. The van der Waals surface area contributed by atoms with E-state index in [0.717, 1.165) is 25.7 Å². The fraction of sp³-hybridized carbons (Fsp3) is 0.923. The lowest BCUT2D eigenvalue weighted by Gasteiger charge is -2.21. The van der Waals surface area contributed by atoms with Gasteiger partial charge in [0.05, 0.1) is 17.9 Å². The van der Waals surface area contributed by atoms with Crippen molar-refractivity contribution < 1.29 is 17.9 Å². The van der Waals surface area contributed by atoms with E-state index in [-0.39, 0.29) is 35.9 Å². The van der Waals surface area contributed by atoms with Gasteiger partial charge in [0.15, 0.2) is 9.84 Å². The van der Waals surface area contributed by atoms with Crippen molar-refractivity contribution in [2.24, 2.45) is 5.92 Å². The number of carbonyl (C=O) groups excluding carboxylic acids is 1. The Bertz CT molecular complexity index is 353. The lowest BCUT2D eigenvalue weighted by Crippen LogP contribution is -2.23. The molecule has 1 aliphatic carbocycles. The first-order chi connectivity index (χ1) is 8.39. The van der Waals surface area contributed by atoms with Crippen LogP contribution in [0.3, 0.4) is 0 Å². The van der Waals surface area contributed by atoms with E-state index in [4.69, 9.17) is 4.74 Å². The molecule has 0 aromatic rings. The normalized spacial score (nSPS) is 17.9. The summed E-state index contributed by atoms with van der Waals surface area (Å²) in [6, 6.07) is 0. The van der Waals surface area contributed by atoms with Gasteiger partial charge >= 0.3 is 5.97 Å². The minimum atomic E-state index is -3.12. The van der Waals surface area contributed by atoms with Crippen molar-refractivity contribution in [1.29, 1.82) is 0 Å². The largest absolute Gasteiger partial charge is 0.462 e. The average Bonchev–Trinajstić information content (AvgIpc) is 2.26. The third-order valence-corrected chi connectivity index (χ3v) is 5.06. The highest BCUT2D eigenvalue weighted by atomic mass is 32.2. The topological polar surface area (TPSA) is 60.4 Å². The second-order valence-electron chi connectivity index (χ2n) is 5.51. The molecule has 0 amide bonds. The molecule has 0 unspecified atom stereocenters. The maximum atomic E-state index is 11.6. The number of hydrogen-bond donors (Lipinski definition) is 0. The van der Waals surface area contributed by atoms with E-state index in [1.165, 1.54) is 6.42 Å². The van der Waals surface area contributed by atoms with Crippen LogP contribution in [0.15, 0.2) is 0 Å². The van der Waals surface area contributed by atoms with Gasteiger partial charge in [-0.25, -0.2) is 8.42 Å². The van der Waals surface area contributed by atoms with Gasteiger partial charge in [0.25, 0.3) is 0 Å². The van der Waals surface area contributed by atoms with Crippen molar-refractivity contribution in [2.45, 2.75) is 58.5 Å². The maximum absolute atomic E-state index is 11.6. The van der Waals surface area contributed by atoms with Gasteiger partial charge in [0, 0.05) is 0 Å². The number of ether oxygens (including phenoxy) is 1. The minimum absolute atomic E-state index is 0.00838. The minimum Gasteiger partial charge on any atom is -0.462 e. The summed E-state index contributed by atoms with van der Waals surface area (Å²) in [4.78, 5) is 11.6. The standard InChI is InChI=1S/C13H24O4S/c1-11(2)10-18(15,16)9-8-13(14)17-12-6-4-3-5-7-12/h11-12H,3-10H2,1-2H3. The zero-order valence-corrected chi connectivity index (χ0v) is 12.2. The molecule has 18 heavy (non-hydrogen) atoms. The second kappa shape index (κ2) is 7.12. The van der Waals surface area contributed by atoms with Gasteiger partial charge in [-0.05, 0) is 31.6 Å². The number of esters is 1. The first-order valence-electron chi connectivity index (χ1n) is 6.79. The van der Waals surface area contributed by atoms with E-state index in [9.17, 15) is 13.2 Å². The Morgan fingerprint density at radius 1 is 1.22 bits per heavy atom. The number of rotatable bonds is 6. The molecule has 0 saturated heterocycles. The molecule has 0 N–H and O–H groups in total. The van der Waals surface area contributed by atoms with Gasteiger partial charge in [-0.1, -0.05) is 20.3 Å². The van der Waals surface area contributed by atoms with Crippen LogP contribution in [0.1, 0.15) is 52.4 Å². The van der Waals surface area contributed by atoms with Crippen molar-refractivity contribution in [1.82, 2.24) is 0 Å². The van der Waals surface area contributed by atoms with E-state index >= 15 is 0 Å². The number of hydrogen-bond acceptors (Lipinski definition) is 4. The van der Waals surface area contributed by atoms with Crippen LogP contribution in [0.5, 0.6) is 0 Å². The Balaban J connectivity index is 2.27. The van der Waals surface area contributed by atoms with Gasteiger partial charge in [0.2, 0.25) is 0 Å². The summed E-state index contributed by atoms with van der Waals surface area (Å²) < 4.78 is 28.5. The van der Waals surface area contributed by atoms with Crippen molar-refractivity contribution in [3.8, 4) is 0 Å². The highest BCUT2D eigenvalue weighted by Gasteiger charge is 2.20. The van der Waals surface area contributed by atoms with Gasteiger partial charge in [-0.15, -0.1) is 0 Å². The molecule has 0 spiro atoms. The number of carbonyl (C=O) groups is 1. The van der Waals surface area contributed by atoms with Crippen LogP contribution in [-0.4, -0.2) is 32.0 Å². The molecule has 0 aliphatic heterocycles. The molecule has 5 heteroatoms. The van der Waals surface area contributed by atoms with E-state index in [1.54, 1.807) is 0 Å². The lowest BCUT2D eigenvalue weighted by molar-refractivity contribution is -0.150. The zero-order valence-electron chi connectivity index (χ0n) is 11.4. The Labute approximate surface area is 110 Å². The van der Waals surface area contributed by atoms with Crippen LogP contribution < -0.4 is 0 Å². The Morgan fingerprint density at radius 2 is 1.83 bits per heavy atom. The molecule has 0 bridgehead atoms. The molecule has 1 aliphatic rings. The Morgan fingerprint density at radius 3 is 2.39 bits per heavy atom. The molecule has 1 rings (SSSR count). The fourth-order valence-electron chi connectivity index (χ4n) is 2.26. The van der Waals surface area contributed by atoms with Gasteiger partial charge in [0.1, 0.15) is 6.10 Å². The maximum Gasteiger partial charge on any atom is 0.307 e. The molecular formula is C13H24O4S. The Kier molecular flexibility index (Phi) is 6.12. The van der Waals surface area contributed by atoms with Gasteiger partial charge < -0.3 is 4.74 Å². The van der Waals surface area contributed by atoms with Gasteiger partial charge in [-0.2, -0.15) is 0 Å². The average molecular weight is 276 g/mol. The van der Waals surface area contributed by atoms with Crippen molar-refractivity contribution in [2.75, 3.05) is 11.5 Å². The predicted octanol–water partition coefficient (Wildman–Crippen LogP) is 2.32. The molecule has 0 aromatic heterocycles. The van der Waals surface area contributed by atoms with Crippen LogP contribution in [0.2, 0.25) is 0 Å². The van der Waals surface area contributed by atoms with Crippen LogP contribution >= 0.6 is 0 Å². The lowest BCUT2D eigenvalue weighted by atomic mass is 9.98. The summed E-state index contributed by atoms with van der Waals surface area (Å²) >= 11 is 0. The third-order valence-electron chi connectivity index (χ3n) is 3.05. The van der Waals surface area contributed by atoms with Gasteiger partial charge in [-0.3, -0.25) is 4.79 Å². The monoisotopic (exact) mass is 276 g/mol. The van der Waals surface area contributed by atoms with E-state index in [0.29, 0.717) is 0 Å². The fourth-order valence-corrected chi connectivity index (χ4v) is 3.92. The molecule has 0 aromatic carbocycles. The summed E-state index contributed by atoms with van der Waals surface area (Å²) in [7, 11) is -3.12. The molecule has 106 valence electrons. The molecule has 0 heterocycles. The summed E-state index contributed by atoms with van der Waals surface area (Å²) in [6.45, 7) is 3.72. The highest BCUT2D eigenvalue weighted by molar-refractivity contribution is 7.91. The van der Waals surface area contributed by atoms with Crippen LogP contribution in [0.25, 0.3) is 0 Å². The quantitative estimate of drug-likeness (QED) is 0.699. The third kappa shape index (κ3) is 6.38. The highest BCUT2D eigenvalue weighted by Crippen LogP contribution is 2.20. The van der Waals surface area contributed by atoms with E-state index in [2.05, 4.69) is 0 Å². The molecule has 0 radical (unpaired) electrons. The molecule has 1 fully saturated rings. The number of sulfone groups is 1. The first-order valence-corrected chi connectivity index (χ1v) is 8.61.